The molecule has 0 fully saturated rings. The first-order chi connectivity index (χ1) is 10.8. The zero-order valence-corrected chi connectivity index (χ0v) is 14.7. The molecule has 1 N–H and O–H groups in total. The number of ether oxygens (including phenoxy) is 1. The highest BCUT2D eigenvalue weighted by Gasteiger charge is 2.34. The van der Waals surface area contributed by atoms with Crippen molar-refractivity contribution in [3.8, 4) is 0 Å². The highest BCUT2D eigenvalue weighted by atomic mass is 16.5. The third kappa shape index (κ3) is 5.55. The Morgan fingerprint density at radius 1 is 1.26 bits per heavy atom. The van der Waals surface area contributed by atoms with Crippen molar-refractivity contribution in [2.45, 2.75) is 52.0 Å². The summed E-state index contributed by atoms with van der Waals surface area (Å²) in [5.41, 5.74) is 1.21. The zero-order valence-electron chi connectivity index (χ0n) is 14.7. The first-order valence-electron chi connectivity index (χ1n) is 8.01. The summed E-state index contributed by atoms with van der Waals surface area (Å²) >= 11 is 0. The maximum atomic E-state index is 12.1. The van der Waals surface area contributed by atoms with E-state index in [0.29, 0.717) is 12.3 Å². The van der Waals surface area contributed by atoms with Crippen LogP contribution in [0.2, 0.25) is 0 Å². The second kappa shape index (κ2) is 8.51. The number of rotatable bonds is 7. The molecule has 1 aromatic carbocycles. The molecule has 0 aliphatic heterocycles. The quantitative estimate of drug-likeness (QED) is 0.616. The molecule has 126 valence electrons. The van der Waals surface area contributed by atoms with Gasteiger partial charge in [0.05, 0.1) is 7.11 Å². The smallest absolute Gasteiger partial charge is 0.331 e. The number of nitrogens with one attached hydrogen (secondary N) is 1. The Hall–Kier alpha value is -2.10. The van der Waals surface area contributed by atoms with Crippen LogP contribution in [0.5, 0.6) is 0 Å². The molecule has 0 aliphatic rings. The number of hydrogen-bond donors (Lipinski definition) is 1. The van der Waals surface area contributed by atoms with Gasteiger partial charge in [0.2, 0.25) is 5.91 Å². The molecule has 0 heterocycles. The van der Waals surface area contributed by atoms with Gasteiger partial charge in [-0.15, -0.1) is 0 Å². The molecule has 0 aliphatic carbocycles. The fourth-order valence-corrected chi connectivity index (χ4v) is 2.42. The van der Waals surface area contributed by atoms with Gasteiger partial charge in [-0.25, -0.2) is 4.79 Å². The van der Waals surface area contributed by atoms with Crippen molar-refractivity contribution in [2.75, 3.05) is 7.11 Å². The lowest BCUT2D eigenvalue weighted by Gasteiger charge is -2.26. The van der Waals surface area contributed by atoms with Crippen LogP contribution in [0.4, 0.5) is 0 Å². The van der Waals surface area contributed by atoms with Gasteiger partial charge in [-0.2, -0.15) is 0 Å². The molecule has 0 spiro atoms. The lowest BCUT2D eigenvalue weighted by Crippen LogP contribution is -2.52. The molecule has 23 heavy (non-hydrogen) atoms. The maximum absolute atomic E-state index is 12.1. The van der Waals surface area contributed by atoms with Gasteiger partial charge in [0.25, 0.3) is 0 Å². The summed E-state index contributed by atoms with van der Waals surface area (Å²) in [5.74, 6) is -0.257. The van der Waals surface area contributed by atoms with Gasteiger partial charge < -0.3 is 10.1 Å². The van der Waals surface area contributed by atoms with Crippen LogP contribution in [0.15, 0.2) is 30.3 Å². The summed E-state index contributed by atoms with van der Waals surface area (Å²) in [5, 5.41) is 2.74. The van der Waals surface area contributed by atoms with Crippen molar-refractivity contribution >= 4 is 18.0 Å². The summed E-state index contributed by atoms with van der Waals surface area (Å²) in [7, 11) is 1.33. The number of amides is 1. The minimum absolute atomic E-state index is 0.306. The molecule has 1 amide bonds. The molecule has 1 unspecified atom stereocenters. The molecular formula is C19H27NO3. The summed E-state index contributed by atoms with van der Waals surface area (Å²) < 4.78 is 4.79. The molecule has 1 atom stereocenters. The minimum atomic E-state index is -0.994. The predicted molar refractivity (Wildman–Crippen MR) is 93.0 cm³/mol. The Labute approximate surface area is 138 Å². The Bertz CT molecular complexity index is 560. The van der Waals surface area contributed by atoms with Crippen LogP contribution in [-0.2, 0) is 14.3 Å². The fourth-order valence-electron chi connectivity index (χ4n) is 2.42. The van der Waals surface area contributed by atoms with Gasteiger partial charge in [-0.05, 0) is 36.5 Å². The molecule has 0 aromatic heterocycles. The zero-order chi connectivity index (χ0) is 17.5. The lowest BCUT2D eigenvalue weighted by molar-refractivity contribution is -0.150. The second-order valence-corrected chi connectivity index (χ2v) is 6.22. The normalized spacial score (nSPS) is 13.8. The van der Waals surface area contributed by atoms with E-state index in [1.54, 1.807) is 13.0 Å². The first-order valence-corrected chi connectivity index (χ1v) is 8.01. The number of esters is 1. The molecule has 1 aromatic rings. The van der Waals surface area contributed by atoms with E-state index in [0.717, 1.165) is 12.0 Å². The van der Waals surface area contributed by atoms with Crippen LogP contribution in [0.3, 0.4) is 0 Å². The molecule has 0 saturated heterocycles. The number of hydrogen-bond acceptors (Lipinski definition) is 3. The van der Waals surface area contributed by atoms with Gasteiger partial charge in [-0.1, -0.05) is 51.5 Å². The molecule has 0 saturated carbocycles. The van der Waals surface area contributed by atoms with Crippen molar-refractivity contribution in [3.63, 3.8) is 0 Å². The third-order valence-corrected chi connectivity index (χ3v) is 3.82. The number of carbonyl (C=O) groups is 2. The van der Waals surface area contributed by atoms with E-state index in [9.17, 15) is 9.59 Å². The SMILES string of the molecule is CCCC(C)(NC(=O)/C=C/c1ccc(C(C)C)cc1)C(=O)OC. The molecule has 1 rings (SSSR count). The van der Waals surface area contributed by atoms with E-state index in [2.05, 4.69) is 31.3 Å². The lowest BCUT2D eigenvalue weighted by atomic mass is 9.96. The van der Waals surface area contributed by atoms with E-state index >= 15 is 0 Å². The average Bonchev–Trinajstić information content (AvgIpc) is 2.52. The number of carbonyl (C=O) groups excluding carboxylic acids is 2. The van der Waals surface area contributed by atoms with E-state index in [4.69, 9.17) is 4.74 Å². The highest BCUT2D eigenvalue weighted by Crippen LogP contribution is 2.16. The van der Waals surface area contributed by atoms with Crippen LogP contribution >= 0.6 is 0 Å². The van der Waals surface area contributed by atoms with E-state index in [1.165, 1.54) is 18.7 Å². The maximum Gasteiger partial charge on any atom is 0.331 e. The van der Waals surface area contributed by atoms with Crippen molar-refractivity contribution in [1.29, 1.82) is 0 Å². The Balaban J connectivity index is 2.75. The summed E-state index contributed by atoms with van der Waals surface area (Å²) in [6, 6.07) is 8.06. The molecule has 0 bridgehead atoms. The van der Waals surface area contributed by atoms with Crippen molar-refractivity contribution < 1.29 is 14.3 Å². The van der Waals surface area contributed by atoms with Crippen molar-refractivity contribution in [3.05, 3.63) is 41.5 Å². The Morgan fingerprint density at radius 2 is 1.87 bits per heavy atom. The van der Waals surface area contributed by atoms with Gasteiger partial charge >= 0.3 is 5.97 Å². The largest absolute Gasteiger partial charge is 0.467 e. The Kier molecular flexibility index (Phi) is 7.01. The minimum Gasteiger partial charge on any atom is -0.467 e. The van der Waals surface area contributed by atoms with Gasteiger partial charge in [0.15, 0.2) is 0 Å². The molecule has 4 heteroatoms. The van der Waals surface area contributed by atoms with Crippen LogP contribution in [0.1, 0.15) is 57.6 Å². The highest BCUT2D eigenvalue weighted by molar-refractivity contribution is 5.96. The fraction of sp³-hybridized carbons (Fsp3) is 0.474. The van der Waals surface area contributed by atoms with Crippen LogP contribution in [-0.4, -0.2) is 24.5 Å². The monoisotopic (exact) mass is 317 g/mol. The van der Waals surface area contributed by atoms with Gasteiger partial charge in [-0.3, -0.25) is 4.79 Å². The van der Waals surface area contributed by atoms with Crippen LogP contribution < -0.4 is 5.32 Å². The summed E-state index contributed by atoms with van der Waals surface area (Å²) in [6.45, 7) is 7.92. The molecule has 4 nitrogen and oxygen atoms in total. The Morgan fingerprint density at radius 3 is 2.35 bits per heavy atom. The standard InChI is InChI=1S/C19H27NO3/c1-6-13-19(4,18(22)23-5)20-17(21)12-9-15-7-10-16(11-8-15)14(2)3/h7-12,14H,6,13H2,1-5H3,(H,20,21)/b12-9+. The van der Waals surface area contributed by atoms with Crippen LogP contribution in [0, 0.1) is 0 Å². The van der Waals surface area contributed by atoms with E-state index < -0.39 is 11.5 Å². The molecular weight excluding hydrogens is 290 g/mol. The van der Waals surface area contributed by atoms with Crippen molar-refractivity contribution in [2.24, 2.45) is 0 Å². The number of methoxy groups -OCH3 is 1. The summed E-state index contributed by atoms with van der Waals surface area (Å²) in [4.78, 5) is 24.0. The van der Waals surface area contributed by atoms with Gasteiger partial charge in [0, 0.05) is 6.08 Å². The first kappa shape index (κ1) is 18.9. The third-order valence-electron chi connectivity index (χ3n) is 3.82. The van der Waals surface area contributed by atoms with E-state index in [-0.39, 0.29) is 5.91 Å². The van der Waals surface area contributed by atoms with Gasteiger partial charge in [0.1, 0.15) is 5.54 Å². The topological polar surface area (TPSA) is 55.4 Å². The predicted octanol–water partition coefficient (Wildman–Crippen LogP) is 3.67. The molecule has 0 radical (unpaired) electrons. The second-order valence-electron chi connectivity index (χ2n) is 6.22. The van der Waals surface area contributed by atoms with Crippen molar-refractivity contribution in [1.82, 2.24) is 5.32 Å². The average molecular weight is 317 g/mol. The summed E-state index contributed by atoms with van der Waals surface area (Å²) in [6.07, 6.45) is 4.49. The van der Waals surface area contributed by atoms with Crippen LogP contribution in [0.25, 0.3) is 6.08 Å². The number of benzene rings is 1. The van der Waals surface area contributed by atoms with E-state index in [1.807, 2.05) is 19.1 Å².